The molecule has 0 radical (unpaired) electrons. The molecule has 6 nitrogen and oxygen atoms in total. The fourth-order valence-corrected chi connectivity index (χ4v) is 5.17. The smallest absolute Gasteiger partial charge is 0.242 e. The molecule has 3 aliphatic heterocycles. The SMILES string of the molecule is NC1(C(=O)N2CCC[C@]3(CCC(=O)N(Cc4ccccc4)C3)C2)CCNCC1. The summed E-state index contributed by atoms with van der Waals surface area (Å²) >= 11 is 0. The van der Waals surface area contributed by atoms with Gasteiger partial charge in [0.05, 0.1) is 5.54 Å². The quantitative estimate of drug-likeness (QED) is 0.828. The first-order valence-electron chi connectivity index (χ1n) is 10.6. The minimum Gasteiger partial charge on any atom is -0.340 e. The molecular weight excluding hydrogens is 352 g/mol. The fourth-order valence-electron chi connectivity index (χ4n) is 5.17. The maximum Gasteiger partial charge on any atom is 0.242 e. The first-order chi connectivity index (χ1) is 13.5. The van der Waals surface area contributed by atoms with Gasteiger partial charge < -0.3 is 20.9 Å². The van der Waals surface area contributed by atoms with Gasteiger partial charge in [0.1, 0.15) is 0 Å². The Kier molecular flexibility index (Phi) is 5.43. The summed E-state index contributed by atoms with van der Waals surface area (Å²) in [5.74, 6) is 0.339. The molecule has 0 unspecified atom stereocenters. The van der Waals surface area contributed by atoms with Crippen LogP contribution in [0.25, 0.3) is 0 Å². The highest BCUT2D eigenvalue weighted by molar-refractivity contribution is 5.86. The Labute approximate surface area is 167 Å². The first kappa shape index (κ1) is 19.4. The second-order valence-electron chi connectivity index (χ2n) is 8.97. The van der Waals surface area contributed by atoms with Crippen LogP contribution in [0, 0.1) is 5.41 Å². The predicted molar refractivity (Wildman–Crippen MR) is 108 cm³/mol. The average molecular weight is 385 g/mol. The van der Waals surface area contributed by atoms with Crippen LogP contribution in [0.5, 0.6) is 0 Å². The van der Waals surface area contributed by atoms with E-state index in [0.29, 0.717) is 25.8 Å². The van der Waals surface area contributed by atoms with Gasteiger partial charge in [0.15, 0.2) is 0 Å². The van der Waals surface area contributed by atoms with Crippen LogP contribution in [-0.4, -0.2) is 59.9 Å². The van der Waals surface area contributed by atoms with Crippen molar-refractivity contribution in [3.05, 3.63) is 35.9 Å². The zero-order valence-corrected chi connectivity index (χ0v) is 16.7. The van der Waals surface area contributed by atoms with Crippen molar-refractivity contribution in [2.75, 3.05) is 32.7 Å². The highest BCUT2D eigenvalue weighted by atomic mass is 16.2. The van der Waals surface area contributed by atoms with Gasteiger partial charge in [-0.1, -0.05) is 30.3 Å². The van der Waals surface area contributed by atoms with Gasteiger partial charge in [-0.2, -0.15) is 0 Å². The number of rotatable bonds is 3. The van der Waals surface area contributed by atoms with Crippen molar-refractivity contribution >= 4 is 11.8 Å². The van der Waals surface area contributed by atoms with Gasteiger partial charge in [-0.15, -0.1) is 0 Å². The number of likely N-dealkylation sites (tertiary alicyclic amines) is 2. The second-order valence-corrected chi connectivity index (χ2v) is 8.97. The molecule has 3 saturated heterocycles. The van der Waals surface area contributed by atoms with E-state index in [9.17, 15) is 9.59 Å². The Morgan fingerprint density at radius 3 is 2.57 bits per heavy atom. The monoisotopic (exact) mass is 384 g/mol. The van der Waals surface area contributed by atoms with Crippen molar-refractivity contribution < 1.29 is 9.59 Å². The standard InChI is InChI=1S/C22H32N4O2/c23-22(10-12-24-13-11-22)20(28)25-14-4-8-21(16-25)9-7-19(27)26(17-21)15-18-5-2-1-3-6-18/h1-3,5-6,24H,4,7-17,23H2/t21-/m0/s1. The van der Waals surface area contributed by atoms with Crippen LogP contribution in [0.4, 0.5) is 0 Å². The molecule has 0 bridgehead atoms. The predicted octanol–water partition coefficient (Wildman–Crippen LogP) is 1.50. The lowest BCUT2D eigenvalue weighted by molar-refractivity contribution is -0.147. The van der Waals surface area contributed by atoms with Gasteiger partial charge in [0, 0.05) is 38.0 Å². The fraction of sp³-hybridized carbons (Fsp3) is 0.636. The van der Waals surface area contributed by atoms with E-state index in [0.717, 1.165) is 57.5 Å². The largest absolute Gasteiger partial charge is 0.340 e. The maximum atomic E-state index is 13.2. The lowest BCUT2D eigenvalue weighted by Gasteiger charge is -2.50. The molecule has 6 heteroatoms. The van der Waals surface area contributed by atoms with E-state index in [1.807, 2.05) is 28.0 Å². The van der Waals surface area contributed by atoms with Gasteiger partial charge in [0.25, 0.3) is 0 Å². The van der Waals surface area contributed by atoms with E-state index < -0.39 is 5.54 Å². The van der Waals surface area contributed by atoms with E-state index in [1.165, 1.54) is 0 Å². The van der Waals surface area contributed by atoms with Gasteiger partial charge in [0.2, 0.25) is 11.8 Å². The molecule has 152 valence electrons. The number of piperidine rings is 3. The van der Waals surface area contributed by atoms with Gasteiger partial charge in [-0.25, -0.2) is 0 Å². The van der Waals surface area contributed by atoms with Crippen LogP contribution in [0.2, 0.25) is 0 Å². The number of carbonyl (C=O) groups excluding carboxylic acids is 2. The molecule has 4 rings (SSSR count). The summed E-state index contributed by atoms with van der Waals surface area (Å²) in [7, 11) is 0. The molecule has 3 N–H and O–H groups in total. The van der Waals surface area contributed by atoms with Crippen molar-refractivity contribution in [3.63, 3.8) is 0 Å². The molecule has 1 aromatic rings. The Morgan fingerprint density at radius 2 is 1.82 bits per heavy atom. The maximum absolute atomic E-state index is 13.2. The summed E-state index contributed by atoms with van der Waals surface area (Å²) in [6.45, 7) is 4.53. The topological polar surface area (TPSA) is 78.7 Å². The highest BCUT2D eigenvalue weighted by Crippen LogP contribution is 2.40. The summed E-state index contributed by atoms with van der Waals surface area (Å²) < 4.78 is 0. The van der Waals surface area contributed by atoms with E-state index in [2.05, 4.69) is 17.4 Å². The molecule has 3 aliphatic rings. The molecule has 1 atom stereocenters. The van der Waals surface area contributed by atoms with Crippen LogP contribution in [-0.2, 0) is 16.1 Å². The average Bonchev–Trinajstić information content (AvgIpc) is 2.72. The summed E-state index contributed by atoms with van der Waals surface area (Å²) in [5, 5.41) is 3.29. The summed E-state index contributed by atoms with van der Waals surface area (Å²) in [4.78, 5) is 29.8. The van der Waals surface area contributed by atoms with Crippen LogP contribution < -0.4 is 11.1 Å². The lowest BCUT2D eigenvalue weighted by atomic mass is 9.73. The Balaban J connectivity index is 1.46. The molecule has 0 aliphatic carbocycles. The number of hydrogen-bond donors (Lipinski definition) is 2. The molecule has 2 amide bonds. The third kappa shape index (κ3) is 3.94. The second kappa shape index (κ2) is 7.84. The van der Waals surface area contributed by atoms with Crippen LogP contribution in [0.3, 0.4) is 0 Å². The Bertz CT molecular complexity index is 717. The van der Waals surface area contributed by atoms with Crippen molar-refractivity contribution in [3.8, 4) is 0 Å². The summed E-state index contributed by atoms with van der Waals surface area (Å²) in [6.07, 6.45) is 4.93. The molecular formula is C22H32N4O2. The van der Waals surface area contributed by atoms with E-state index >= 15 is 0 Å². The van der Waals surface area contributed by atoms with Crippen molar-refractivity contribution in [1.29, 1.82) is 0 Å². The van der Waals surface area contributed by atoms with Gasteiger partial charge in [-0.05, 0) is 50.8 Å². The lowest BCUT2D eigenvalue weighted by Crippen LogP contribution is -2.63. The highest BCUT2D eigenvalue weighted by Gasteiger charge is 2.46. The minimum absolute atomic E-state index is 0.0138. The van der Waals surface area contributed by atoms with Gasteiger partial charge >= 0.3 is 0 Å². The summed E-state index contributed by atoms with van der Waals surface area (Å²) in [5.41, 5.74) is 6.96. The number of hydrogen-bond acceptors (Lipinski definition) is 4. The number of nitrogens with zero attached hydrogens (tertiary/aromatic N) is 2. The first-order valence-corrected chi connectivity index (χ1v) is 10.6. The molecule has 3 heterocycles. The van der Waals surface area contributed by atoms with Crippen LogP contribution >= 0.6 is 0 Å². The number of nitrogens with one attached hydrogen (secondary N) is 1. The van der Waals surface area contributed by atoms with Crippen LogP contribution in [0.15, 0.2) is 30.3 Å². The summed E-state index contributed by atoms with van der Waals surface area (Å²) in [6, 6.07) is 10.2. The van der Waals surface area contributed by atoms with Gasteiger partial charge in [-0.3, -0.25) is 9.59 Å². The molecule has 1 aromatic carbocycles. The van der Waals surface area contributed by atoms with E-state index in [4.69, 9.17) is 5.73 Å². The number of benzene rings is 1. The Hall–Kier alpha value is -1.92. The number of nitrogens with two attached hydrogens (primary N) is 1. The van der Waals surface area contributed by atoms with E-state index in [1.54, 1.807) is 0 Å². The van der Waals surface area contributed by atoms with Crippen molar-refractivity contribution in [1.82, 2.24) is 15.1 Å². The third-order valence-corrected chi connectivity index (χ3v) is 6.83. The number of carbonyl (C=O) groups is 2. The van der Waals surface area contributed by atoms with E-state index in [-0.39, 0.29) is 17.2 Å². The normalized spacial score (nSPS) is 27.8. The molecule has 1 spiro atoms. The van der Waals surface area contributed by atoms with Crippen molar-refractivity contribution in [2.24, 2.45) is 11.1 Å². The zero-order chi connectivity index (χ0) is 19.6. The molecule has 0 aromatic heterocycles. The molecule has 28 heavy (non-hydrogen) atoms. The van der Waals surface area contributed by atoms with Crippen molar-refractivity contribution in [2.45, 2.75) is 50.6 Å². The third-order valence-electron chi connectivity index (χ3n) is 6.83. The Morgan fingerprint density at radius 1 is 1.07 bits per heavy atom. The molecule has 0 saturated carbocycles. The number of amides is 2. The minimum atomic E-state index is -0.724. The zero-order valence-electron chi connectivity index (χ0n) is 16.7. The molecule has 3 fully saturated rings. The van der Waals surface area contributed by atoms with Crippen LogP contribution in [0.1, 0.15) is 44.1 Å².